The van der Waals surface area contributed by atoms with E-state index in [1.807, 2.05) is 4.90 Å². The highest BCUT2D eigenvalue weighted by molar-refractivity contribution is 5.81. The van der Waals surface area contributed by atoms with Gasteiger partial charge in [-0.05, 0) is 12.3 Å². The molecule has 2 rings (SSSR count). The Labute approximate surface area is 102 Å². The van der Waals surface area contributed by atoms with Gasteiger partial charge in [0.25, 0.3) is 5.91 Å². The van der Waals surface area contributed by atoms with E-state index in [4.69, 9.17) is 9.47 Å². The lowest BCUT2D eigenvalue weighted by Crippen LogP contribution is -2.54. The Balaban J connectivity index is 1.90. The smallest absolute Gasteiger partial charge is 0.253 e. The van der Waals surface area contributed by atoms with Gasteiger partial charge in [-0.1, -0.05) is 6.92 Å². The highest BCUT2D eigenvalue weighted by atomic mass is 16.5. The van der Waals surface area contributed by atoms with E-state index in [9.17, 15) is 4.79 Å². The first kappa shape index (κ1) is 12.8. The average molecular weight is 242 g/mol. The summed E-state index contributed by atoms with van der Waals surface area (Å²) < 4.78 is 10.9. The van der Waals surface area contributed by atoms with Crippen molar-refractivity contribution in [2.24, 2.45) is 5.92 Å². The zero-order valence-corrected chi connectivity index (χ0v) is 10.6. The van der Waals surface area contributed by atoms with Crippen LogP contribution in [0.3, 0.4) is 0 Å². The maximum Gasteiger partial charge on any atom is 0.253 e. The van der Waals surface area contributed by atoms with Crippen LogP contribution in [-0.2, 0) is 14.3 Å². The number of carbonyl (C=O) groups excluding carboxylic acids is 1. The molecule has 5 nitrogen and oxygen atoms in total. The van der Waals surface area contributed by atoms with E-state index in [-0.39, 0.29) is 18.1 Å². The van der Waals surface area contributed by atoms with Gasteiger partial charge in [0.1, 0.15) is 6.10 Å². The van der Waals surface area contributed by atoms with Crippen LogP contribution in [0.5, 0.6) is 0 Å². The van der Waals surface area contributed by atoms with Gasteiger partial charge < -0.3 is 19.7 Å². The third kappa shape index (κ3) is 2.97. The first-order valence-electron chi connectivity index (χ1n) is 6.36. The second kappa shape index (κ2) is 5.80. The van der Waals surface area contributed by atoms with Gasteiger partial charge in [-0.2, -0.15) is 0 Å². The largest absolute Gasteiger partial charge is 0.379 e. The lowest BCUT2D eigenvalue weighted by Gasteiger charge is -2.38. The average Bonchev–Trinajstić information content (AvgIpc) is 2.39. The predicted molar refractivity (Wildman–Crippen MR) is 63.8 cm³/mol. The Morgan fingerprint density at radius 2 is 2.35 bits per heavy atom. The Kier molecular flexibility index (Phi) is 4.36. The van der Waals surface area contributed by atoms with Crippen LogP contribution in [0.1, 0.15) is 13.3 Å². The van der Waals surface area contributed by atoms with Gasteiger partial charge in [-0.3, -0.25) is 4.79 Å². The van der Waals surface area contributed by atoms with Gasteiger partial charge in [0, 0.05) is 33.3 Å². The zero-order valence-electron chi connectivity index (χ0n) is 10.6. The van der Waals surface area contributed by atoms with Gasteiger partial charge in [0.05, 0.1) is 12.7 Å². The van der Waals surface area contributed by atoms with Crippen LogP contribution in [0.4, 0.5) is 0 Å². The van der Waals surface area contributed by atoms with E-state index < -0.39 is 0 Å². The van der Waals surface area contributed by atoms with E-state index >= 15 is 0 Å². The number of hydrogen-bond acceptors (Lipinski definition) is 4. The first-order chi connectivity index (χ1) is 8.22. The molecule has 2 fully saturated rings. The lowest BCUT2D eigenvalue weighted by atomic mass is 9.95. The number of amides is 1. The molecule has 0 aromatic carbocycles. The van der Waals surface area contributed by atoms with Crippen LogP contribution < -0.4 is 5.32 Å². The Morgan fingerprint density at radius 1 is 1.53 bits per heavy atom. The van der Waals surface area contributed by atoms with Crippen LogP contribution in [0, 0.1) is 5.92 Å². The summed E-state index contributed by atoms with van der Waals surface area (Å²) in [5, 5.41) is 3.19. The maximum atomic E-state index is 12.2. The minimum atomic E-state index is -0.310. The molecule has 0 aromatic heterocycles. The van der Waals surface area contributed by atoms with Crippen LogP contribution in [0.15, 0.2) is 0 Å². The summed E-state index contributed by atoms with van der Waals surface area (Å²) in [5.74, 6) is 0.626. The van der Waals surface area contributed by atoms with E-state index in [0.717, 1.165) is 19.5 Å². The number of methoxy groups -OCH3 is 1. The normalized spacial score (nSPS) is 34.7. The van der Waals surface area contributed by atoms with Crippen molar-refractivity contribution >= 4 is 5.91 Å². The predicted octanol–water partition coefficient (Wildman–Crippen LogP) is -0.142. The molecule has 1 N–H and O–H groups in total. The van der Waals surface area contributed by atoms with E-state index in [1.165, 1.54) is 0 Å². The van der Waals surface area contributed by atoms with E-state index in [0.29, 0.717) is 25.6 Å². The summed E-state index contributed by atoms with van der Waals surface area (Å²) in [6.07, 6.45) is 0.851. The summed E-state index contributed by atoms with van der Waals surface area (Å²) in [4.78, 5) is 14.1. The third-order valence-electron chi connectivity index (χ3n) is 3.71. The molecule has 2 aliphatic heterocycles. The molecule has 0 radical (unpaired) electrons. The Hall–Kier alpha value is -0.650. The third-order valence-corrected chi connectivity index (χ3v) is 3.71. The van der Waals surface area contributed by atoms with Crippen molar-refractivity contribution in [2.45, 2.75) is 25.6 Å². The fourth-order valence-corrected chi connectivity index (χ4v) is 2.47. The molecule has 3 unspecified atom stereocenters. The maximum absolute atomic E-state index is 12.2. The minimum Gasteiger partial charge on any atom is -0.379 e. The zero-order chi connectivity index (χ0) is 12.3. The minimum absolute atomic E-state index is 0.103. The van der Waals surface area contributed by atoms with Crippen molar-refractivity contribution in [1.29, 1.82) is 0 Å². The quantitative estimate of drug-likeness (QED) is 0.732. The van der Waals surface area contributed by atoms with Crippen molar-refractivity contribution in [2.75, 3.05) is 39.9 Å². The van der Waals surface area contributed by atoms with E-state index in [1.54, 1.807) is 7.11 Å². The SMILES string of the molecule is COC1CN(C(=O)C2CNCCO2)CCC1C. The van der Waals surface area contributed by atoms with Crippen LogP contribution in [-0.4, -0.2) is 62.9 Å². The van der Waals surface area contributed by atoms with Gasteiger partial charge in [0.15, 0.2) is 0 Å². The topological polar surface area (TPSA) is 50.8 Å². The molecule has 0 bridgehead atoms. The summed E-state index contributed by atoms with van der Waals surface area (Å²) in [6, 6.07) is 0. The summed E-state index contributed by atoms with van der Waals surface area (Å²) in [5.41, 5.74) is 0. The highest BCUT2D eigenvalue weighted by Crippen LogP contribution is 2.20. The van der Waals surface area contributed by atoms with Crippen molar-refractivity contribution in [3.63, 3.8) is 0 Å². The molecule has 0 spiro atoms. The number of likely N-dealkylation sites (tertiary alicyclic amines) is 1. The number of carbonyl (C=O) groups is 1. The Morgan fingerprint density at radius 3 is 3.00 bits per heavy atom. The lowest BCUT2D eigenvalue weighted by molar-refractivity contribution is -0.150. The number of nitrogens with one attached hydrogen (secondary N) is 1. The fourth-order valence-electron chi connectivity index (χ4n) is 2.47. The monoisotopic (exact) mass is 242 g/mol. The summed E-state index contributed by atoms with van der Waals surface area (Å²) in [7, 11) is 1.72. The van der Waals surface area contributed by atoms with Crippen molar-refractivity contribution in [3.8, 4) is 0 Å². The standard InChI is InChI=1S/C12H22N2O3/c1-9-3-5-14(8-11(9)16-2)12(15)10-7-13-4-6-17-10/h9-11,13H,3-8H2,1-2H3. The fraction of sp³-hybridized carbons (Fsp3) is 0.917. The number of rotatable bonds is 2. The number of nitrogens with zero attached hydrogens (tertiary/aromatic N) is 1. The van der Waals surface area contributed by atoms with Gasteiger partial charge in [-0.15, -0.1) is 0 Å². The number of morpholine rings is 1. The second-order valence-electron chi connectivity index (χ2n) is 4.89. The molecule has 98 valence electrons. The molecule has 3 atom stereocenters. The Bertz CT molecular complexity index is 266. The van der Waals surface area contributed by atoms with Crippen molar-refractivity contribution < 1.29 is 14.3 Å². The van der Waals surface area contributed by atoms with Gasteiger partial charge >= 0.3 is 0 Å². The first-order valence-corrected chi connectivity index (χ1v) is 6.36. The molecule has 17 heavy (non-hydrogen) atoms. The van der Waals surface area contributed by atoms with E-state index in [2.05, 4.69) is 12.2 Å². The molecule has 5 heteroatoms. The molecule has 2 heterocycles. The number of ether oxygens (including phenoxy) is 2. The van der Waals surface area contributed by atoms with Crippen LogP contribution in [0.25, 0.3) is 0 Å². The van der Waals surface area contributed by atoms with Crippen LogP contribution >= 0.6 is 0 Å². The summed E-state index contributed by atoms with van der Waals surface area (Å²) >= 11 is 0. The van der Waals surface area contributed by atoms with Crippen LogP contribution in [0.2, 0.25) is 0 Å². The number of hydrogen-bond donors (Lipinski definition) is 1. The summed E-state index contributed by atoms with van der Waals surface area (Å²) in [6.45, 7) is 5.77. The highest BCUT2D eigenvalue weighted by Gasteiger charge is 2.33. The molecular weight excluding hydrogens is 220 g/mol. The van der Waals surface area contributed by atoms with Crippen molar-refractivity contribution in [1.82, 2.24) is 10.2 Å². The molecule has 0 aliphatic carbocycles. The number of piperidine rings is 1. The van der Waals surface area contributed by atoms with Gasteiger partial charge in [-0.25, -0.2) is 0 Å². The molecule has 2 saturated heterocycles. The van der Waals surface area contributed by atoms with Crippen molar-refractivity contribution in [3.05, 3.63) is 0 Å². The molecule has 2 aliphatic rings. The molecule has 0 saturated carbocycles. The molecular formula is C12H22N2O3. The molecule has 0 aromatic rings. The second-order valence-corrected chi connectivity index (χ2v) is 4.89. The van der Waals surface area contributed by atoms with Gasteiger partial charge in [0.2, 0.25) is 0 Å². The molecule has 1 amide bonds.